The number of hydrogen-bond donors (Lipinski definition) is 1. The number of aryl methyl sites for hydroxylation is 1. The Morgan fingerprint density at radius 3 is 2.13 bits per heavy atom. The van der Waals surface area contributed by atoms with Crippen LogP contribution in [-0.4, -0.2) is 100 Å². The smallest absolute Gasteiger partial charge is 0.237 e. The van der Waals surface area contributed by atoms with E-state index in [-0.39, 0.29) is 22.8 Å². The number of hydrogen-bond acceptors (Lipinski definition) is 9. The Bertz CT molecular complexity index is 2150. The van der Waals surface area contributed by atoms with Crippen LogP contribution in [0.15, 0.2) is 48.7 Å². The van der Waals surface area contributed by atoms with Gasteiger partial charge in [0.1, 0.15) is 5.69 Å². The average molecular weight is 714 g/mol. The van der Waals surface area contributed by atoms with Crippen molar-refractivity contribution in [1.29, 1.82) is 0 Å². The predicted octanol–water partition coefficient (Wildman–Crippen LogP) is 5.12. The molecule has 1 N–H and O–H groups in total. The summed E-state index contributed by atoms with van der Waals surface area (Å²) >= 11 is 0. The number of carbonyl (C=O) groups excluding carboxylic acids is 2. The van der Waals surface area contributed by atoms with Gasteiger partial charge in [0.15, 0.2) is 0 Å². The normalized spacial score (nSPS) is 21.2. The topological polar surface area (TPSA) is 113 Å². The number of likely N-dealkylation sites (tertiary alicyclic amines) is 3. The molecular weight excluding hydrogens is 667 g/mol. The number of nitrogens with zero attached hydrogens (tertiary/aromatic N) is 6. The number of amides is 2. The van der Waals surface area contributed by atoms with E-state index in [1.807, 2.05) is 11.1 Å². The number of methoxy groups -OCH3 is 2. The second kappa shape index (κ2) is 12.6. The number of fused-ring (bicyclic) bond motifs is 1. The summed E-state index contributed by atoms with van der Waals surface area (Å²) in [5.74, 6) is 1.57. The summed E-state index contributed by atoms with van der Waals surface area (Å²) in [6, 6.07) is 15.4. The summed E-state index contributed by atoms with van der Waals surface area (Å²) in [6.07, 6.45) is 5.40. The van der Waals surface area contributed by atoms with Crippen molar-refractivity contribution in [2.45, 2.75) is 64.6 Å². The van der Waals surface area contributed by atoms with Gasteiger partial charge in [-0.3, -0.25) is 24.4 Å². The van der Waals surface area contributed by atoms with E-state index in [2.05, 4.69) is 71.4 Å². The molecule has 1 aliphatic carbocycles. The van der Waals surface area contributed by atoms with Crippen molar-refractivity contribution < 1.29 is 19.1 Å². The maximum atomic E-state index is 11.8. The lowest BCUT2D eigenvalue weighted by Gasteiger charge is -2.61. The second-order valence-corrected chi connectivity index (χ2v) is 16.1. The molecule has 4 saturated heterocycles. The molecule has 5 aliphatic rings. The van der Waals surface area contributed by atoms with Crippen LogP contribution in [0.5, 0.6) is 11.8 Å². The van der Waals surface area contributed by atoms with E-state index >= 15 is 0 Å². The molecule has 0 radical (unpaired) electrons. The van der Waals surface area contributed by atoms with Crippen molar-refractivity contribution in [3.8, 4) is 45.4 Å². The highest BCUT2D eigenvalue weighted by atomic mass is 16.5. The third-order valence-corrected chi connectivity index (χ3v) is 12.5. The monoisotopic (exact) mass is 713 g/mol. The third-order valence-electron chi connectivity index (χ3n) is 12.5. The van der Waals surface area contributed by atoms with Crippen molar-refractivity contribution >= 4 is 11.8 Å². The zero-order valence-corrected chi connectivity index (χ0v) is 31.3. The largest absolute Gasteiger partial charge is 0.481 e. The van der Waals surface area contributed by atoms with E-state index in [0.29, 0.717) is 24.9 Å². The first-order chi connectivity index (χ1) is 25.6. The Kier molecular flexibility index (Phi) is 8.08. The standard InChI is InChI=1S/C42H47N7O4/c1-25-29(30-9-7-11-32(26(30)2)34-17-43-35(39(45-34)52-4)18-47-23-42(24-47)15-14-37(51)46-42)8-6-10-31(25)33-16-28-12-13-36(38(28)40(44-33)53-5)49-21-41(22-49)19-48(20-41)27(3)50/h6-11,16-17,36H,12-15,18-24H2,1-5H3,(H,46,51). The number of nitrogens with one attached hydrogen (secondary N) is 1. The molecule has 1 unspecified atom stereocenters. The van der Waals surface area contributed by atoms with E-state index in [1.165, 1.54) is 11.1 Å². The van der Waals surface area contributed by atoms with Crippen molar-refractivity contribution in [3.63, 3.8) is 0 Å². The van der Waals surface area contributed by atoms with Gasteiger partial charge in [-0.15, -0.1) is 0 Å². The van der Waals surface area contributed by atoms with E-state index < -0.39 is 0 Å². The van der Waals surface area contributed by atoms with Crippen LogP contribution in [0.25, 0.3) is 33.6 Å². The Morgan fingerprint density at radius 2 is 1.51 bits per heavy atom. The minimum absolute atomic E-state index is 0.0772. The molecule has 53 heavy (non-hydrogen) atoms. The Morgan fingerprint density at radius 1 is 0.868 bits per heavy atom. The Labute approximate surface area is 310 Å². The maximum Gasteiger partial charge on any atom is 0.237 e. The van der Waals surface area contributed by atoms with Gasteiger partial charge < -0.3 is 19.7 Å². The summed E-state index contributed by atoms with van der Waals surface area (Å²) in [5, 5.41) is 3.15. The molecule has 4 fully saturated rings. The molecule has 11 nitrogen and oxygen atoms in total. The average Bonchev–Trinajstić information content (AvgIpc) is 3.71. The first-order valence-electron chi connectivity index (χ1n) is 18.8. The first kappa shape index (κ1) is 33.9. The van der Waals surface area contributed by atoms with Crippen molar-refractivity contribution in [2.75, 3.05) is 53.5 Å². The number of ether oxygens (including phenoxy) is 2. The quantitative estimate of drug-likeness (QED) is 0.266. The molecule has 2 aromatic carbocycles. The SMILES string of the molecule is COc1nc(-c2cccc(-c3cccc(-c4cc5c(c(OC)n4)C(N4CC6(CN(C(C)=O)C6)C4)CC5)c3C)c2C)cnc1CN1CC2(CCC(=O)N2)C1. The summed E-state index contributed by atoms with van der Waals surface area (Å²) in [4.78, 5) is 45.3. The highest BCUT2D eigenvalue weighted by molar-refractivity contribution is 5.83. The summed E-state index contributed by atoms with van der Waals surface area (Å²) in [6.45, 7) is 12.1. The van der Waals surface area contributed by atoms with E-state index in [1.54, 1.807) is 21.1 Å². The molecule has 4 aromatic rings. The second-order valence-electron chi connectivity index (χ2n) is 16.1. The third kappa shape index (κ3) is 5.67. The van der Waals surface area contributed by atoms with Crippen LogP contribution in [0, 0.1) is 19.3 Å². The van der Waals surface area contributed by atoms with Gasteiger partial charge in [0.2, 0.25) is 23.6 Å². The lowest BCUT2D eigenvalue weighted by atomic mass is 9.72. The van der Waals surface area contributed by atoms with Crippen molar-refractivity contribution in [2.24, 2.45) is 5.41 Å². The number of rotatable bonds is 8. The van der Waals surface area contributed by atoms with E-state index in [0.717, 1.165) is 115 Å². The molecule has 2 amide bonds. The summed E-state index contributed by atoms with van der Waals surface area (Å²) in [7, 11) is 3.38. The minimum atomic E-state index is -0.0772. The fraction of sp³-hybridized carbons (Fsp3) is 0.452. The number of aromatic nitrogens is 3. The van der Waals surface area contributed by atoms with Gasteiger partial charge in [-0.05, 0) is 67.0 Å². The number of pyridine rings is 1. The zero-order valence-electron chi connectivity index (χ0n) is 31.3. The van der Waals surface area contributed by atoms with Crippen LogP contribution >= 0.6 is 0 Å². The van der Waals surface area contributed by atoms with Gasteiger partial charge in [-0.25, -0.2) is 9.97 Å². The molecule has 9 rings (SSSR count). The number of benzene rings is 2. The van der Waals surface area contributed by atoms with Crippen LogP contribution in [0.3, 0.4) is 0 Å². The molecule has 4 aliphatic heterocycles. The highest BCUT2D eigenvalue weighted by Gasteiger charge is 2.55. The summed E-state index contributed by atoms with van der Waals surface area (Å²) in [5.41, 5.74) is 11.9. The molecule has 11 heteroatoms. The zero-order chi connectivity index (χ0) is 36.6. The number of carbonyl (C=O) groups is 2. The van der Waals surface area contributed by atoms with Gasteiger partial charge >= 0.3 is 0 Å². The molecule has 274 valence electrons. The molecule has 2 aromatic heterocycles. The van der Waals surface area contributed by atoms with Crippen LogP contribution in [0.4, 0.5) is 0 Å². The highest BCUT2D eigenvalue weighted by Crippen LogP contribution is 2.50. The Hall–Kier alpha value is -4.87. The molecule has 1 atom stereocenters. The lowest BCUT2D eigenvalue weighted by molar-refractivity contribution is -0.161. The van der Waals surface area contributed by atoms with E-state index in [9.17, 15) is 9.59 Å². The van der Waals surface area contributed by atoms with Gasteiger partial charge in [0.05, 0.1) is 37.3 Å². The Balaban J connectivity index is 0.958. The summed E-state index contributed by atoms with van der Waals surface area (Å²) < 4.78 is 11.8. The van der Waals surface area contributed by atoms with E-state index in [4.69, 9.17) is 24.4 Å². The van der Waals surface area contributed by atoms with Crippen molar-refractivity contribution in [3.05, 3.63) is 76.6 Å². The van der Waals surface area contributed by atoms with Crippen LogP contribution in [-0.2, 0) is 22.6 Å². The van der Waals surface area contributed by atoms with Crippen LogP contribution < -0.4 is 14.8 Å². The van der Waals surface area contributed by atoms with Crippen molar-refractivity contribution in [1.82, 2.24) is 35.0 Å². The van der Waals surface area contributed by atoms with Crippen LogP contribution in [0.1, 0.15) is 60.2 Å². The fourth-order valence-corrected chi connectivity index (χ4v) is 9.82. The van der Waals surface area contributed by atoms with Crippen LogP contribution in [0.2, 0.25) is 0 Å². The molecule has 6 heterocycles. The maximum absolute atomic E-state index is 11.8. The molecular formula is C42H47N7O4. The van der Waals surface area contributed by atoms with Gasteiger partial charge in [0, 0.05) is 87.3 Å². The van der Waals surface area contributed by atoms with Gasteiger partial charge in [-0.1, -0.05) is 36.4 Å². The lowest BCUT2D eigenvalue weighted by Crippen LogP contribution is -2.72. The van der Waals surface area contributed by atoms with Gasteiger partial charge in [0.25, 0.3) is 0 Å². The molecule has 2 spiro atoms. The molecule has 0 saturated carbocycles. The molecule has 0 bridgehead atoms. The predicted molar refractivity (Wildman–Crippen MR) is 201 cm³/mol. The van der Waals surface area contributed by atoms with Gasteiger partial charge in [-0.2, -0.15) is 0 Å². The first-order valence-corrected chi connectivity index (χ1v) is 18.8. The minimum Gasteiger partial charge on any atom is -0.481 e. The fourth-order valence-electron chi connectivity index (χ4n) is 9.82.